The van der Waals surface area contributed by atoms with Crippen LogP contribution in [0.2, 0.25) is 0 Å². The van der Waals surface area contributed by atoms with Gasteiger partial charge in [0.15, 0.2) is 6.10 Å². The molecule has 9 heteroatoms. The van der Waals surface area contributed by atoms with Crippen molar-refractivity contribution in [1.29, 1.82) is 0 Å². The molecule has 1 rings (SSSR count). The Hall–Kier alpha value is -0.810. The fourth-order valence-corrected chi connectivity index (χ4v) is 3.75. The van der Waals surface area contributed by atoms with E-state index in [2.05, 4.69) is 18.6 Å². The van der Waals surface area contributed by atoms with Crippen LogP contribution in [0.25, 0.3) is 0 Å². The lowest BCUT2D eigenvalue weighted by Crippen LogP contribution is -2.44. The molecular weight excluding hydrogens is 456 g/mol. The zero-order valence-electron chi connectivity index (χ0n) is 22.1. The van der Waals surface area contributed by atoms with Crippen LogP contribution in [0.3, 0.4) is 0 Å². The van der Waals surface area contributed by atoms with Crippen molar-refractivity contribution in [2.75, 3.05) is 46.2 Å². The number of carbonyl (C=O) groups is 1. The molecule has 1 saturated heterocycles. The van der Waals surface area contributed by atoms with Gasteiger partial charge < -0.3 is 39.4 Å². The molecule has 1 heterocycles. The van der Waals surface area contributed by atoms with Gasteiger partial charge in [0.25, 0.3) is 0 Å². The van der Waals surface area contributed by atoms with Gasteiger partial charge in [0.1, 0.15) is 18.3 Å². The Morgan fingerprint density at radius 1 is 0.857 bits per heavy atom. The summed E-state index contributed by atoms with van der Waals surface area (Å²) < 4.78 is 21.3. The highest BCUT2D eigenvalue weighted by Gasteiger charge is 2.43. The van der Waals surface area contributed by atoms with Crippen LogP contribution in [0.5, 0.6) is 0 Å². The number of unbranched alkanes of at least 4 members (excludes halogenated alkanes) is 9. The van der Waals surface area contributed by atoms with Crippen molar-refractivity contribution < 1.29 is 44.2 Å². The molecule has 35 heavy (non-hydrogen) atoms. The molecule has 0 aromatic carbocycles. The van der Waals surface area contributed by atoms with E-state index in [9.17, 15) is 15.0 Å². The Balaban J connectivity index is 0.00000143. The molecule has 1 fully saturated rings. The van der Waals surface area contributed by atoms with Crippen molar-refractivity contribution in [2.24, 2.45) is 0 Å². The summed E-state index contributed by atoms with van der Waals surface area (Å²) in [5.41, 5.74) is 0. The molecule has 0 aromatic heterocycles. The molecule has 210 valence electrons. The molecule has 0 spiro atoms. The first-order chi connectivity index (χ1) is 17.0. The fourth-order valence-electron chi connectivity index (χ4n) is 3.75. The average molecular weight is 509 g/mol. The highest BCUT2D eigenvalue weighted by atomic mass is 16.6. The maximum absolute atomic E-state index is 12.1. The van der Waals surface area contributed by atoms with E-state index in [1.165, 1.54) is 38.5 Å². The second-order valence-corrected chi connectivity index (χ2v) is 8.90. The Morgan fingerprint density at radius 3 is 1.97 bits per heavy atom. The van der Waals surface area contributed by atoms with Gasteiger partial charge in [-0.05, 0) is 12.8 Å². The molecular formula is C26H52O9. The Morgan fingerprint density at radius 2 is 1.43 bits per heavy atom. The second-order valence-electron chi connectivity index (χ2n) is 8.90. The van der Waals surface area contributed by atoms with E-state index in [1.807, 2.05) is 0 Å². The topological polar surface area (TPSA) is 135 Å². The van der Waals surface area contributed by atoms with Gasteiger partial charge >= 0.3 is 5.97 Å². The Kier molecular flexibility index (Phi) is 24.3. The van der Waals surface area contributed by atoms with Crippen molar-refractivity contribution in [3.05, 3.63) is 0 Å². The van der Waals surface area contributed by atoms with E-state index in [1.54, 1.807) is 0 Å². The summed E-state index contributed by atoms with van der Waals surface area (Å²) in [6.45, 7) is 5.29. The molecule has 4 N–H and O–H groups in total. The van der Waals surface area contributed by atoms with E-state index >= 15 is 0 Å². The molecule has 9 nitrogen and oxygen atoms in total. The molecule has 1 aliphatic heterocycles. The van der Waals surface area contributed by atoms with E-state index in [4.69, 9.17) is 24.4 Å². The first-order valence-corrected chi connectivity index (χ1v) is 13.6. The maximum atomic E-state index is 12.1. The zero-order chi connectivity index (χ0) is 26.2. The molecule has 0 bridgehead atoms. The predicted octanol–water partition coefficient (Wildman–Crippen LogP) is 2.74. The van der Waals surface area contributed by atoms with Crippen LogP contribution in [0.15, 0.2) is 0 Å². The zero-order valence-corrected chi connectivity index (χ0v) is 22.1. The van der Waals surface area contributed by atoms with E-state index in [-0.39, 0.29) is 32.4 Å². The molecule has 0 radical (unpaired) electrons. The molecule has 0 amide bonds. The van der Waals surface area contributed by atoms with E-state index in [0.29, 0.717) is 26.2 Å². The van der Waals surface area contributed by atoms with Crippen molar-refractivity contribution in [3.63, 3.8) is 0 Å². The third kappa shape index (κ3) is 18.1. The number of esters is 1. The first kappa shape index (κ1) is 34.2. The van der Waals surface area contributed by atoms with Crippen molar-refractivity contribution >= 4 is 5.97 Å². The highest BCUT2D eigenvalue weighted by molar-refractivity contribution is 5.69. The number of hydrogen-bond acceptors (Lipinski definition) is 9. The molecule has 0 aliphatic carbocycles. The Labute approximate surface area is 212 Å². The monoisotopic (exact) mass is 508 g/mol. The minimum absolute atomic E-state index is 0.0278. The number of rotatable bonds is 21. The molecule has 0 unspecified atom stereocenters. The van der Waals surface area contributed by atoms with Crippen molar-refractivity contribution in [1.82, 2.24) is 0 Å². The van der Waals surface area contributed by atoms with Crippen molar-refractivity contribution in [2.45, 2.75) is 115 Å². The van der Waals surface area contributed by atoms with Crippen LogP contribution in [0.4, 0.5) is 0 Å². The number of carbonyl (C=O) groups excluding carboxylic acids is 1. The number of hydrogen-bond donors (Lipinski definition) is 4. The van der Waals surface area contributed by atoms with Crippen molar-refractivity contribution in [3.8, 4) is 0 Å². The highest BCUT2D eigenvalue weighted by Crippen LogP contribution is 2.23. The molecule has 0 aromatic rings. The number of aliphatic hydroxyl groups is 4. The molecule has 0 saturated carbocycles. The summed E-state index contributed by atoms with van der Waals surface area (Å²) in [7, 11) is 0. The summed E-state index contributed by atoms with van der Waals surface area (Å²) in [5.74, 6) is -0.320. The third-order valence-corrected chi connectivity index (χ3v) is 5.76. The van der Waals surface area contributed by atoms with Gasteiger partial charge in [0.2, 0.25) is 0 Å². The van der Waals surface area contributed by atoms with E-state index < -0.39 is 24.4 Å². The van der Waals surface area contributed by atoms with Crippen LogP contribution in [0.1, 0.15) is 90.9 Å². The van der Waals surface area contributed by atoms with Gasteiger partial charge in [-0.1, -0.05) is 71.6 Å². The predicted molar refractivity (Wildman–Crippen MR) is 134 cm³/mol. The van der Waals surface area contributed by atoms with Gasteiger partial charge in [-0.3, -0.25) is 4.79 Å². The quantitative estimate of drug-likeness (QED) is 0.136. The first-order valence-electron chi connectivity index (χ1n) is 13.6. The summed E-state index contributed by atoms with van der Waals surface area (Å²) in [6.07, 6.45) is 10.2. The fraction of sp³-hybridized carbons (Fsp3) is 0.962. The van der Waals surface area contributed by atoms with Gasteiger partial charge in [-0.25, -0.2) is 0 Å². The smallest absolute Gasteiger partial charge is 0.306 e. The normalized spacial score (nSPS) is 20.3. The Bertz CT molecular complexity index is 460. The molecule has 4 atom stereocenters. The van der Waals surface area contributed by atoms with Gasteiger partial charge in [0, 0.05) is 13.0 Å². The minimum Gasteiger partial charge on any atom is -0.457 e. The lowest BCUT2D eigenvalue weighted by atomic mass is 10.1. The van der Waals surface area contributed by atoms with Crippen LogP contribution in [-0.4, -0.2) is 97.1 Å². The van der Waals surface area contributed by atoms with Gasteiger partial charge in [0.05, 0.1) is 39.6 Å². The average Bonchev–Trinajstić information content (AvgIpc) is 3.22. The largest absolute Gasteiger partial charge is 0.457 e. The lowest BCUT2D eigenvalue weighted by molar-refractivity contribution is -0.165. The minimum atomic E-state index is -0.796. The SMILES string of the molecule is CCCCCCCCCCCC(=O)O[C@H](CO)[C@H]1OC[C@H](O)[C@H]1OCCCC.OCCOCCO. The summed E-state index contributed by atoms with van der Waals surface area (Å²) in [4.78, 5) is 12.1. The summed E-state index contributed by atoms with van der Waals surface area (Å²) in [5, 5.41) is 35.9. The number of ether oxygens (including phenoxy) is 4. The number of aliphatic hydroxyl groups excluding tert-OH is 4. The lowest BCUT2D eigenvalue weighted by Gasteiger charge is -2.27. The summed E-state index contributed by atoms with van der Waals surface area (Å²) in [6, 6.07) is 0. The van der Waals surface area contributed by atoms with Crippen LogP contribution < -0.4 is 0 Å². The summed E-state index contributed by atoms with van der Waals surface area (Å²) >= 11 is 0. The third-order valence-electron chi connectivity index (χ3n) is 5.76. The van der Waals surface area contributed by atoms with E-state index in [0.717, 1.165) is 32.1 Å². The molecule has 1 aliphatic rings. The van der Waals surface area contributed by atoms with Crippen LogP contribution >= 0.6 is 0 Å². The second kappa shape index (κ2) is 24.9. The van der Waals surface area contributed by atoms with Gasteiger partial charge in [-0.15, -0.1) is 0 Å². The standard InChI is InChI=1S/C22H42O6.C4H10O3/c1-3-5-7-8-9-10-11-12-13-14-20(25)28-19(16-23)22-21(18(24)17-27-22)26-15-6-4-2;5-1-3-7-4-2-6/h18-19,21-24H,3-17H2,1-2H3;5-6H,1-4H2/t18-,19+,21+,22+;/m0./s1. The van der Waals surface area contributed by atoms with Crippen LogP contribution in [0, 0.1) is 0 Å². The van der Waals surface area contributed by atoms with Gasteiger partial charge in [-0.2, -0.15) is 0 Å². The van der Waals surface area contributed by atoms with Crippen LogP contribution in [-0.2, 0) is 23.7 Å². The maximum Gasteiger partial charge on any atom is 0.306 e.